The van der Waals surface area contributed by atoms with E-state index < -0.39 is 17.3 Å². The van der Waals surface area contributed by atoms with Crippen molar-refractivity contribution in [3.8, 4) is 0 Å². The van der Waals surface area contributed by atoms with Crippen LogP contribution in [0.15, 0.2) is 30.3 Å². The van der Waals surface area contributed by atoms with Crippen LogP contribution in [-0.4, -0.2) is 77.5 Å². The molecule has 0 saturated carbocycles. The molecule has 2 fully saturated rings. The largest absolute Gasteiger partial charge is 0.445 e. The van der Waals surface area contributed by atoms with Gasteiger partial charge in [-0.25, -0.2) is 14.4 Å². The maximum atomic E-state index is 12.3. The van der Waals surface area contributed by atoms with Crippen LogP contribution in [0.1, 0.15) is 93.1 Å². The monoisotopic (exact) mass is 578 g/mol. The summed E-state index contributed by atoms with van der Waals surface area (Å²) >= 11 is 0. The van der Waals surface area contributed by atoms with Gasteiger partial charge in [0.1, 0.15) is 17.8 Å². The predicted molar refractivity (Wildman–Crippen MR) is 162 cm³/mol. The van der Waals surface area contributed by atoms with E-state index >= 15 is 0 Å². The SMILES string of the molecule is C.CC(C)(C)OC(=O)N1CCCCC(N)C1.CC(C)(C)OC(=O)N1CCCCC(NC(=O)OCc2ccccc2)C1. The molecule has 1 aromatic rings. The first-order chi connectivity index (χ1) is 18.7. The Morgan fingerprint density at radius 2 is 1.34 bits per heavy atom. The first-order valence-electron chi connectivity index (χ1n) is 14.4. The average Bonchev–Trinajstić information content (AvgIpc) is 3.22. The van der Waals surface area contributed by atoms with Gasteiger partial charge in [0.15, 0.2) is 0 Å². The summed E-state index contributed by atoms with van der Waals surface area (Å²) in [4.78, 5) is 39.5. The first kappa shape index (κ1) is 36.0. The van der Waals surface area contributed by atoms with Crippen molar-refractivity contribution in [3.05, 3.63) is 35.9 Å². The molecule has 2 heterocycles. The van der Waals surface area contributed by atoms with Gasteiger partial charge < -0.3 is 35.1 Å². The van der Waals surface area contributed by atoms with Crippen molar-refractivity contribution in [3.63, 3.8) is 0 Å². The summed E-state index contributed by atoms with van der Waals surface area (Å²) in [5, 5.41) is 2.87. The predicted octanol–water partition coefficient (Wildman–Crippen LogP) is 6.07. The van der Waals surface area contributed by atoms with E-state index in [0.717, 1.165) is 50.6 Å². The third-order valence-corrected chi connectivity index (χ3v) is 6.22. The van der Waals surface area contributed by atoms with Crippen molar-refractivity contribution < 1.29 is 28.6 Å². The first-order valence-corrected chi connectivity index (χ1v) is 14.4. The molecule has 234 valence electrons. The van der Waals surface area contributed by atoms with Crippen LogP contribution in [0.3, 0.4) is 0 Å². The number of carbonyl (C=O) groups is 3. The molecule has 0 aliphatic carbocycles. The topological polar surface area (TPSA) is 123 Å². The number of ether oxygens (including phenoxy) is 3. The molecule has 1 aromatic carbocycles. The van der Waals surface area contributed by atoms with Crippen molar-refractivity contribution in [1.82, 2.24) is 15.1 Å². The molecule has 3 rings (SSSR count). The number of nitrogens with zero attached hydrogens (tertiary/aromatic N) is 2. The summed E-state index contributed by atoms with van der Waals surface area (Å²) in [6.07, 6.45) is 4.75. The Kier molecular flexibility index (Phi) is 15.0. The van der Waals surface area contributed by atoms with E-state index in [9.17, 15) is 14.4 Å². The van der Waals surface area contributed by atoms with Gasteiger partial charge in [0.05, 0.1) is 0 Å². The van der Waals surface area contributed by atoms with Crippen molar-refractivity contribution >= 4 is 18.3 Å². The summed E-state index contributed by atoms with van der Waals surface area (Å²) in [7, 11) is 0. The van der Waals surface area contributed by atoms with Crippen molar-refractivity contribution in [2.45, 2.75) is 117 Å². The number of carbonyl (C=O) groups excluding carboxylic acids is 3. The van der Waals surface area contributed by atoms with Crippen molar-refractivity contribution in [2.24, 2.45) is 5.73 Å². The summed E-state index contributed by atoms with van der Waals surface area (Å²) in [6, 6.07) is 9.51. The lowest BCUT2D eigenvalue weighted by molar-refractivity contribution is 0.0235. The standard InChI is InChI=1S/C19H28N2O4.C11H22N2O2.CH4/c1-19(2,3)25-18(23)21-12-8-7-11-16(13-21)20-17(22)24-14-15-9-5-4-6-10-15;1-11(2,3)15-10(14)13-7-5-4-6-9(12)8-13;/h4-6,9-10,16H,7-8,11-14H2,1-3H3,(H,20,22);9H,4-8,12H2,1-3H3;1H4. The quantitative estimate of drug-likeness (QED) is 0.417. The van der Waals surface area contributed by atoms with E-state index in [1.165, 1.54) is 0 Å². The van der Waals surface area contributed by atoms with Crippen molar-refractivity contribution in [1.29, 1.82) is 0 Å². The average molecular weight is 579 g/mol. The summed E-state index contributed by atoms with van der Waals surface area (Å²) in [5.74, 6) is 0. The minimum atomic E-state index is -0.527. The summed E-state index contributed by atoms with van der Waals surface area (Å²) in [6.45, 7) is 13.9. The number of amides is 3. The van der Waals surface area contributed by atoms with Gasteiger partial charge in [-0.3, -0.25) is 0 Å². The Labute approximate surface area is 247 Å². The lowest BCUT2D eigenvalue weighted by Crippen LogP contribution is -2.46. The molecule has 41 heavy (non-hydrogen) atoms. The molecule has 2 aliphatic rings. The van der Waals surface area contributed by atoms with Crippen LogP contribution in [0, 0.1) is 0 Å². The molecule has 10 heteroatoms. The van der Waals surface area contributed by atoms with E-state index in [-0.39, 0.29) is 38.3 Å². The highest BCUT2D eigenvalue weighted by molar-refractivity contribution is 5.69. The number of nitrogens with one attached hydrogen (secondary N) is 1. The number of hydrogen-bond donors (Lipinski definition) is 2. The number of hydrogen-bond acceptors (Lipinski definition) is 7. The smallest absolute Gasteiger partial charge is 0.410 e. The van der Waals surface area contributed by atoms with Gasteiger partial charge in [-0.05, 0) is 79.2 Å². The van der Waals surface area contributed by atoms with Gasteiger partial charge in [-0.2, -0.15) is 0 Å². The Morgan fingerprint density at radius 3 is 1.88 bits per heavy atom. The highest BCUT2D eigenvalue weighted by atomic mass is 16.6. The molecule has 2 unspecified atom stereocenters. The molecule has 2 saturated heterocycles. The zero-order chi connectivity index (χ0) is 29.8. The highest BCUT2D eigenvalue weighted by Crippen LogP contribution is 2.16. The number of benzene rings is 1. The van der Waals surface area contributed by atoms with Gasteiger partial charge >= 0.3 is 18.3 Å². The lowest BCUT2D eigenvalue weighted by Gasteiger charge is -2.28. The zero-order valence-electron chi connectivity index (χ0n) is 25.2. The van der Waals surface area contributed by atoms with Gasteiger partial charge in [0, 0.05) is 38.3 Å². The number of nitrogens with two attached hydrogens (primary N) is 1. The second-order valence-corrected chi connectivity index (χ2v) is 12.5. The normalized spacial score (nSPS) is 19.7. The molecular formula is C31H54N4O6. The molecule has 3 amide bonds. The van der Waals surface area contributed by atoms with E-state index in [1.54, 1.807) is 9.80 Å². The molecule has 0 aromatic heterocycles. The van der Waals surface area contributed by atoms with Gasteiger partial charge in [-0.1, -0.05) is 44.2 Å². The lowest BCUT2D eigenvalue weighted by atomic mass is 10.1. The molecule has 0 bridgehead atoms. The molecule has 2 aliphatic heterocycles. The fourth-order valence-electron chi connectivity index (χ4n) is 4.35. The second-order valence-electron chi connectivity index (χ2n) is 12.5. The summed E-state index contributed by atoms with van der Waals surface area (Å²) < 4.78 is 16.0. The van der Waals surface area contributed by atoms with Gasteiger partial charge in [0.2, 0.25) is 0 Å². The molecule has 0 spiro atoms. The van der Waals surface area contributed by atoms with E-state index in [1.807, 2.05) is 71.9 Å². The van der Waals surface area contributed by atoms with Gasteiger partial charge in [0.25, 0.3) is 0 Å². The third-order valence-electron chi connectivity index (χ3n) is 6.22. The van der Waals surface area contributed by atoms with Crippen LogP contribution >= 0.6 is 0 Å². The van der Waals surface area contributed by atoms with E-state index in [4.69, 9.17) is 19.9 Å². The van der Waals surface area contributed by atoms with Crippen LogP contribution in [0.5, 0.6) is 0 Å². The van der Waals surface area contributed by atoms with Crippen LogP contribution in [0.25, 0.3) is 0 Å². The Morgan fingerprint density at radius 1 is 0.829 bits per heavy atom. The molecule has 10 nitrogen and oxygen atoms in total. The highest BCUT2D eigenvalue weighted by Gasteiger charge is 2.27. The maximum absolute atomic E-state index is 12.3. The summed E-state index contributed by atoms with van der Waals surface area (Å²) in [5.41, 5.74) is 5.87. The van der Waals surface area contributed by atoms with Crippen LogP contribution in [-0.2, 0) is 20.8 Å². The third kappa shape index (κ3) is 15.5. The molecule has 2 atom stereocenters. The fourth-order valence-corrected chi connectivity index (χ4v) is 4.35. The zero-order valence-corrected chi connectivity index (χ0v) is 25.2. The van der Waals surface area contributed by atoms with E-state index in [0.29, 0.717) is 19.6 Å². The fraction of sp³-hybridized carbons (Fsp3) is 0.710. The van der Waals surface area contributed by atoms with Crippen LogP contribution in [0.2, 0.25) is 0 Å². The molecule has 3 N–H and O–H groups in total. The van der Waals surface area contributed by atoms with Crippen LogP contribution < -0.4 is 11.1 Å². The second kappa shape index (κ2) is 17.1. The minimum Gasteiger partial charge on any atom is -0.445 e. The Hall–Kier alpha value is -3.01. The van der Waals surface area contributed by atoms with Gasteiger partial charge in [-0.15, -0.1) is 0 Å². The number of alkyl carbamates (subject to hydrolysis) is 1. The maximum Gasteiger partial charge on any atom is 0.410 e. The molecule has 0 radical (unpaired) electrons. The number of rotatable bonds is 3. The molecular weight excluding hydrogens is 524 g/mol. The Balaban J connectivity index is 0.000000451. The number of likely N-dealkylation sites (tertiary alicyclic amines) is 2. The Bertz CT molecular complexity index is 929. The minimum absolute atomic E-state index is 0. The van der Waals surface area contributed by atoms with E-state index in [2.05, 4.69) is 5.32 Å². The van der Waals surface area contributed by atoms with Crippen LogP contribution in [0.4, 0.5) is 14.4 Å². The van der Waals surface area contributed by atoms with Crippen molar-refractivity contribution in [2.75, 3.05) is 26.2 Å².